The maximum absolute atomic E-state index is 13.0. The van der Waals surface area contributed by atoms with Crippen molar-refractivity contribution in [2.45, 2.75) is 32.6 Å². The SMILES string of the molecule is CCOc1cc(/C=N/NC(=O)CCCCCNC(=O)c2ccccc2Cl)ccc1OC(=O)c1cc(OC)c(OC)c(OC)c1. The highest BCUT2D eigenvalue weighted by Gasteiger charge is 2.20. The van der Waals surface area contributed by atoms with Crippen LogP contribution in [0.4, 0.5) is 0 Å². The largest absolute Gasteiger partial charge is 0.493 e. The zero-order chi connectivity index (χ0) is 31.9. The highest BCUT2D eigenvalue weighted by Crippen LogP contribution is 2.39. The molecule has 3 rings (SSSR count). The minimum Gasteiger partial charge on any atom is -0.493 e. The average Bonchev–Trinajstić information content (AvgIpc) is 3.03. The van der Waals surface area contributed by atoms with Crippen LogP contribution in [0.2, 0.25) is 5.02 Å². The lowest BCUT2D eigenvalue weighted by Crippen LogP contribution is -2.24. The quantitative estimate of drug-likeness (QED) is 0.0708. The highest BCUT2D eigenvalue weighted by atomic mass is 35.5. The Kier molecular flexibility index (Phi) is 13.3. The number of unbranched alkanes of at least 4 members (excludes halogenated alkanes) is 2. The molecule has 3 aromatic rings. The Hall–Kier alpha value is -4.77. The molecule has 234 valence electrons. The van der Waals surface area contributed by atoms with E-state index in [9.17, 15) is 14.4 Å². The van der Waals surface area contributed by atoms with E-state index in [0.717, 1.165) is 12.8 Å². The van der Waals surface area contributed by atoms with Gasteiger partial charge in [0.2, 0.25) is 11.7 Å². The van der Waals surface area contributed by atoms with Gasteiger partial charge in [0.05, 0.1) is 50.3 Å². The molecule has 0 unspecified atom stereocenters. The lowest BCUT2D eigenvalue weighted by Gasteiger charge is -2.15. The van der Waals surface area contributed by atoms with Gasteiger partial charge in [-0.1, -0.05) is 30.2 Å². The monoisotopic (exact) mass is 625 g/mol. The van der Waals surface area contributed by atoms with Gasteiger partial charge in [-0.25, -0.2) is 10.2 Å². The van der Waals surface area contributed by atoms with Crippen molar-refractivity contribution in [3.63, 3.8) is 0 Å². The maximum Gasteiger partial charge on any atom is 0.343 e. The van der Waals surface area contributed by atoms with Gasteiger partial charge in [0.15, 0.2) is 23.0 Å². The molecule has 3 aromatic carbocycles. The van der Waals surface area contributed by atoms with Crippen molar-refractivity contribution in [2.75, 3.05) is 34.5 Å². The third kappa shape index (κ3) is 9.63. The summed E-state index contributed by atoms with van der Waals surface area (Å²) >= 11 is 6.04. The normalized spacial score (nSPS) is 10.7. The first-order valence-corrected chi connectivity index (χ1v) is 14.3. The molecule has 12 heteroatoms. The number of nitrogens with one attached hydrogen (secondary N) is 2. The Morgan fingerprint density at radius 3 is 2.25 bits per heavy atom. The number of amides is 2. The molecular formula is C32H36ClN3O8. The Bertz CT molecular complexity index is 1450. The van der Waals surface area contributed by atoms with Crippen LogP contribution in [0, 0.1) is 0 Å². The molecule has 0 saturated heterocycles. The van der Waals surface area contributed by atoms with Crippen LogP contribution in [0.1, 0.15) is 58.9 Å². The number of esters is 1. The molecule has 0 fully saturated rings. The number of hydrazone groups is 1. The number of halogens is 1. The molecule has 44 heavy (non-hydrogen) atoms. The van der Waals surface area contributed by atoms with Crippen molar-refractivity contribution in [1.29, 1.82) is 0 Å². The summed E-state index contributed by atoms with van der Waals surface area (Å²) < 4.78 is 27.2. The second-order valence-corrected chi connectivity index (χ2v) is 9.69. The first-order chi connectivity index (χ1) is 21.3. The summed E-state index contributed by atoms with van der Waals surface area (Å²) in [4.78, 5) is 37.3. The Labute approximate surface area is 261 Å². The van der Waals surface area contributed by atoms with Crippen molar-refractivity contribution in [3.8, 4) is 28.7 Å². The number of rotatable bonds is 16. The van der Waals surface area contributed by atoms with Crippen molar-refractivity contribution >= 4 is 35.6 Å². The van der Waals surface area contributed by atoms with Crippen LogP contribution in [-0.4, -0.2) is 58.5 Å². The number of hydrogen-bond donors (Lipinski definition) is 2. The number of methoxy groups -OCH3 is 3. The Morgan fingerprint density at radius 2 is 1.59 bits per heavy atom. The molecule has 2 amide bonds. The summed E-state index contributed by atoms with van der Waals surface area (Å²) in [6, 6.07) is 14.7. The van der Waals surface area contributed by atoms with Gasteiger partial charge in [0, 0.05) is 13.0 Å². The van der Waals surface area contributed by atoms with Gasteiger partial charge >= 0.3 is 5.97 Å². The summed E-state index contributed by atoms with van der Waals surface area (Å²) in [5.41, 5.74) is 3.75. The van der Waals surface area contributed by atoms with Crippen molar-refractivity contribution in [3.05, 3.63) is 76.3 Å². The van der Waals surface area contributed by atoms with Crippen LogP contribution >= 0.6 is 11.6 Å². The molecule has 0 radical (unpaired) electrons. The minimum atomic E-state index is -0.651. The summed E-state index contributed by atoms with van der Waals surface area (Å²) in [5, 5.41) is 7.25. The van der Waals surface area contributed by atoms with Crippen molar-refractivity contribution in [2.24, 2.45) is 5.10 Å². The van der Waals surface area contributed by atoms with Gasteiger partial charge in [-0.3, -0.25) is 9.59 Å². The van der Waals surface area contributed by atoms with E-state index in [0.29, 0.717) is 58.7 Å². The molecule has 0 spiro atoms. The van der Waals surface area contributed by atoms with E-state index in [1.54, 1.807) is 49.4 Å². The second-order valence-electron chi connectivity index (χ2n) is 9.28. The highest BCUT2D eigenvalue weighted by molar-refractivity contribution is 6.33. The summed E-state index contributed by atoms with van der Waals surface area (Å²) in [6.07, 6.45) is 3.88. The lowest BCUT2D eigenvalue weighted by molar-refractivity contribution is -0.121. The minimum absolute atomic E-state index is 0.192. The van der Waals surface area contributed by atoms with E-state index in [2.05, 4.69) is 15.8 Å². The summed E-state index contributed by atoms with van der Waals surface area (Å²) in [6.45, 7) is 2.62. The van der Waals surface area contributed by atoms with Crippen LogP contribution in [0.25, 0.3) is 0 Å². The fraction of sp³-hybridized carbons (Fsp3) is 0.312. The van der Waals surface area contributed by atoms with Gasteiger partial charge in [0.1, 0.15) is 0 Å². The van der Waals surface area contributed by atoms with Gasteiger partial charge in [-0.05, 0) is 67.8 Å². The third-order valence-corrected chi connectivity index (χ3v) is 6.59. The summed E-state index contributed by atoms with van der Waals surface area (Å²) in [5.74, 6) is 0.406. The Morgan fingerprint density at radius 1 is 0.864 bits per heavy atom. The van der Waals surface area contributed by atoms with E-state index in [1.807, 2.05) is 0 Å². The van der Waals surface area contributed by atoms with Crippen molar-refractivity contribution < 1.29 is 38.1 Å². The average molecular weight is 626 g/mol. The van der Waals surface area contributed by atoms with Gasteiger partial charge in [0.25, 0.3) is 5.91 Å². The molecule has 0 aliphatic heterocycles. The van der Waals surface area contributed by atoms with Gasteiger partial charge < -0.3 is 29.0 Å². The maximum atomic E-state index is 13.0. The predicted octanol–water partition coefficient (Wildman–Crippen LogP) is 5.42. The van der Waals surface area contributed by atoms with Gasteiger partial charge in [-0.2, -0.15) is 5.10 Å². The molecule has 0 saturated carbocycles. The zero-order valence-electron chi connectivity index (χ0n) is 25.1. The molecule has 0 heterocycles. The molecule has 0 aromatic heterocycles. The molecule has 0 atom stereocenters. The molecule has 0 aliphatic rings. The van der Waals surface area contributed by atoms with Crippen LogP contribution < -0.4 is 34.4 Å². The first kappa shape index (κ1) is 33.7. The molecule has 2 N–H and O–H groups in total. The van der Waals surface area contributed by atoms with Crippen molar-refractivity contribution in [1.82, 2.24) is 10.7 Å². The Balaban J connectivity index is 1.49. The lowest BCUT2D eigenvalue weighted by atomic mass is 10.1. The smallest absolute Gasteiger partial charge is 0.343 e. The van der Waals surface area contributed by atoms with Gasteiger partial charge in [-0.15, -0.1) is 0 Å². The first-order valence-electron chi connectivity index (χ1n) is 13.9. The molecular weight excluding hydrogens is 590 g/mol. The predicted molar refractivity (Wildman–Crippen MR) is 167 cm³/mol. The van der Waals surface area contributed by atoms with E-state index >= 15 is 0 Å². The van der Waals surface area contributed by atoms with Crippen LogP contribution in [0.15, 0.2) is 59.7 Å². The summed E-state index contributed by atoms with van der Waals surface area (Å²) in [7, 11) is 4.38. The molecule has 0 bridgehead atoms. The number of carbonyl (C=O) groups is 3. The van der Waals surface area contributed by atoms with E-state index in [-0.39, 0.29) is 29.5 Å². The van der Waals surface area contributed by atoms with Crippen LogP contribution in [0.3, 0.4) is 0 Å². The second kappa shape index (κ2) is 17.4. The van der Waals surface area contributed by atoms with E-state index < -0.39 is 5.97 Å². The number of carbonyl (C=O) groups excluding carboxylic acids is 3. The number of hydrogen-bond acceptors (Lipinski definition) is 9. The third-order valence-electron chi connectivity index (χ3n) is 6.26. The standard InChI is InChI=1S/C32H36ClN3O8/c1-5-43-26-17-21(14-15-25(26)44-32(39)22-18-27(40-2)30(42-4)28(19-22)41-3)20-35-36-29(37)13-7-6-10-16-34-31(38)23-11-8-9-12-24(23)33/h8-9,11-12,14-15,17-20H,5-7,10,13,16H2,1-4H3,(H,34,38)(H,36,37)/b35-20+. The molecule has 11 nitrogen and oxygen atoms in total. The van der Waals surface area contributed by atoms with E-state index in [1.165, 1.54) is 39.7 Å². The number of benzene rings is 3. The number of ether oxygens (including phenoxy) is 5. The topological polar surface area (TPSA) is 134 Å². The van der Waals surface area contributed by atoms with Crippen LogP contribution in [0.5, 0.6) is 28.7 Å². The zero-order valence-corrected chi connectivity index (χ0v) is 25.9. The fourth-order valence-electron chi connectivity index (χ4n) is 4.08. The van der Waals surface area contributed by atoms with E-state index in [4.69, 9.17) is 35.3 Å². The molecule has 0 aliphatic carbocycles. The fourth-order valence-corrected chi connectivity index (χ4v) is 4.30. The number of nitrogens with zero attached hydrogens (tertiary/aromatic N) is 1. The van der Waals surface area contributed by atoms with Crippen LogP contribution in [-0.2, 0) is 4.79 Å².